The second kappa shape index (κ2) is 8.77. The Bertz CT molecular complexity index is 880. The molecule has 0 unspecified atom stereocenters. The third-order valence-electron chi connectivity index (χ3n) is 3.18. The van der Waals surface area contributed by atoms with E-state index in [2.05, 4.69) is 21.2 Å². The van der Waals surface area contributed by atoms with Crippen molar-refractivity contribution in [3.8, 4) is 0 Å². The van der Waals surface area contributed by atoms with Crippen molar-refractivity contribution >= 4 is 46.9 Å². The summed E-state index contributed by atoms with van der Waals surface area (Å²) in [6, 6.07) is 11.4. The maximum atomic E-state index is 12.3. The van der Waals surface area contributed by atoms with Crippen LogP contribution >= 0.6 is 11.6 Å². The average Bonchev–Trinajstić information content (AvgIpc) is 2.56. The lowest BCUT2D eigenvalue weighted by atomic mass is 10.1. The van der Waals surface area contributed by atoms with E-state index in [4.69, 9.17) is 11.6 Å². The van der Waals surface area contributed by atoms with Crippen molar-refractivity contribution in [1.29, 1.82) is 0 Å². The van der Waals surface area contributed by atoms with Gasteiger partial charge in [-0.15, -0.1) is 0 Å². The van der Waals surface area contributed by atoms with E-state index in [1.807, 2.05) is 0 Å². The van der Waals surface area contributed by atoms with Crippen LogP contribution in [0.1, 0.15) is 29.8 Å². The van der Waals surface area contributed by atoms with Crippen LogP contribution in [0.2, 0.25) is 5.02 Å². The van der Waals surface area contributed by atoms with E-state index >= 15 is 0 Å². The van der Waals surface area contributed by atoms with Gasteiger partial charge in [-0.3, -0.25) is 14.4 Å². The number of carbonyl (C=O) groups excluding carboxylic acids is 3. The number of carbonyl (C=O) groups is 3. The Morgan fingerprint density at radius 2 is 1.62 bits per heavy atom. The monoisotopic (exact) mass is 372 g/mol. The Morgan fingerprint density at radius 1 is 0.962 bits per heavy atom. The van der Waals surface area contributed by atoms with Crippen molar-refractivity contribution in [1.82, 2.24) is 5.43 Å². The van der Waals surface area contributed by atoms with Crippen LogP contribution in [0.3, 0.4) is 0 Å². The highest BCUT2D eigenvalue weighted by atomic mass is 35.5. The zero-order valence-corrected chi connectivity index (χ0v) is 14.9. The standard InChI is InChI=1S/C18H17ClN4O3/c1-11(24)21-16-8-7-14(19)9-13(16)10-20-23-18(26)15-5-3-4-6-17(15)22-12(2)25/h3-10H,1-2H3,(H,21,24)(H,22,25)(H,23,26). The van der Waals surface area contributed by atoms with Gasteiger partial charge in [0, 0.05) is 30.1 Å². The minimum atomic E-state index is -0.492. The predicted molar refractivity (Wildman–Crippen MR) is 102 cm³/mol. The van der Waals surface area contributed by atoms with Gasteiger partial charge in [-0.1, -0.05) is 23.7 Å². The van der Waals surface area contributed by atoms with Gasteiger partial charge in [-0.2, -0.15) is 5.10 Å². The van der Waals surface area contributed by atoms with E-state index in [0.717, 1.165) is 0 Å². The molecule has 0 aliphatic rings. The van der Waals surface area contributed by atoms with Crippen molar-refractivity contribution in [2.24, 2.45) is 5.10 Å². The molecule has 8 heteroatoms. The highest BCUT2D eigenvalue weighted by Gasteiger charge is 2.11. The summed E-state index contributed by atoms with van der Waals surface area (Å²) >= 11 is 5.96. The Balaban J connectivity index is 2.16. The molecule has 0 spiro atoms. The van der Waals surface area contributed by atoms with E-state index in [1.54, 1.807) is 42.5 Å². The fraction of sp³-hybridized carbons (Fsp3) is 0.111. The van der Waals surface area contributed by atoms with Gasteiger partial charge in [-0.25, -0.2) is 5.43 Å². The van der Waals surface area contributed by atoms with Gasteiger partial charge < -0.3 is 10.6 Å². The largest absolute Gasteiger partial charge is 0.326 e. The van der Waals surface area contributed by atoms with Gasteiger partial charge in [-0.05, 0) is 30.3 Å². The lowest BCUT2D eigenvalue weighted by molar-refractivity contribution is -0.115. The first-order valence-electron chi connectivity index (χ1n) is 7.64. The summed E-state index contributed by atoms with van der Waals surface area (Å²) in [6.45, 7) is 2.74. The Morgan fingerprint density at radius 3 is 2.31 bits per heavy atom. The van der Waals surface area contributed by atoms with E-state index in [-0.39, 0.29) is 17.4 Å². The number of rotatable bonds is 5. The van der Waals surface area contributed by atoms with Crippen LogP contribution in [0.25, 0.3) is 0 Å². The van der Waals surface area contributed by atoms with Crippen molar-refractivity contribution in [3.63, 3.8) is 0 Å². The van der Waals surface area contributed by atoms with Crippen molar-refractivity contribution in [3.05, 3.63) is 58.6 Å². The van der Waals surface area contributed by atoms with Gasteiger partial charge in [0.1, 0.15) is 0 Å². The molecular formula is C18H17ClN4O3. The number of amides is 3. The average molecular weight is 373 g/mol. The van der Waals surface area contributed by atoms with Gasteiger partial charge >= 0.3 is 0 Å². The van der Waals surface area contributed by atoms with Crippen LogP contribution in [-0.2, 0) is 9.59 Å². The molecule has 2 aromatic carbocycles. The molecule has 0 radical (unpaired) electrons. The number of hydrogen-bond acceptors (Lipinski definition) is 4. The fourth-order valence-corrected chi connectivity index (χ4v) is 2.32. The topological polar surface area (TPSA) is 99.7 Å². The molecule has 0 saturated heterocycles. The molecule has 0 bridgehead atoms. The SMILES string of the molecule is CC(=O)Nc1ccc(Cl)cc1C=NNC(=O)c1ccccc1NC(C)=O. The van der Waals surface area contributed by atoms with Gasteiger partial charge in [0.2, 0.25) is 11.8 Å². The van der Waals surface area contributed by atoms with Gasteiger partial charge in [0.25, 0.3) is 5.91 Å². The fourth-order valence-electron chi connectivity index (χ4n) is 2.14. The van der Waals surface area contributed by atoms with Crippen LogP contribution in [0, 0.1) is 0 Å². The molecule has 2 aromatic rings. The van der Waals surface area contributed by atoms with Crippen LogP contribution in [0.5, 0.6) is 0 Å². The molecule has 0 saturated carbocycles. The molecular weight excluding hydrogens is 356 g/mol. The summed E-state index contributed by atoms with van der Waals surface area (Å²) in [5.41, 5.74) is 4.08. The number of hydrogen-bond donors (Lipinski definition) is 3. The highest BCUT2D eigenvalue weighted by molar-refractivity contribution is 6.31. The molecule has 0 aliphatic heterocycles. The smallest absolute Gasteiger partial charge is 0.273 e. The quantitative estimate of drug-likeness (QED) is 0.555. The molecule has 134 valence electrons. The number of benzene rings is 2. The number of halogens is 1. The van der Waals surface area contributed by atoms with Crippen LogP contribution in [0.15, 0.2) is 47.6 Å². The molecule has 3 amide bonds. The van der Waals surface area contributed by atoms with E-state index in [9.17, 15) is 14.4 Å². The van der Waals surface area contributed by atoms with E-state index in [0.29, 0.717) is 22.0 Å². The summed E-state index contributed by atoms with van der Waals surface area (Å²) in [5, 5.41) is 9.60. The Kier molecular flexibility index (Phi) is 6.46. The van der Waals surface area contributed by atoms with E-state index in [1.165, 1.54) is 20.1 Å². The number of nitrogens with zero attached hydrogens (tertiary/aromatic N) is 1. The van der Waals surface area contributed by atoms with Crippen molar-refractivity contribution in [2.45, 2.75) is 13.8 Å². The molecule has 2 rings (SSSR count). The lowest BCUT2D eigenvalue weighted by Gasteiger charge is -2.09. The number of hydrazone groups is 1. The molecule has 0 atom stereocenters. The second-order valence-electron chi connectivity index (χ2n) is 5.34. The number of para-hydroxylation sites is 1. The first kappa shape index (κ1) is 19.1. The summed E-state index contributed by atoms with van der Waals surface area (Å²) in [4.78, 5) is 34.8. The van der Waals surface area contributed by atoms with Crippen LogP contribution < -0.4 is 16.1 Å². The third-order valence-corrected chi connectivity index (χ3v) is 3.41. The third kappa shape index (κ3) is 5.42. The lowest BCUT2D eigenvalue weighted by Crippen LogP contribution is -2.20. The minimum absolute atomic E-state index is 0.241. The van der Waals surface area contributed by atoms with Crippen molar-refractivity contribution in [2.75, 3.05) is 10.6 Å². The first-order valence-corrected chi connectivity index (χ1v) is 8.02. The predicted octanol–water partition coefficient (Wildman–Crippen LogP) is 3.02. The Labute approximate surface area is 155 Å². The minimum Gasteiger partial charge on any atom is -0.326 e. The first-order chi connectivity index (χ1) is 12.4. The molecule has 0 aliphatic carbocycles. The van der Waals surface area contributed by atoms with Gasteiger partial charge in [0.15, 0.2) is 0 Å². The van der Waals surface area contributed by atoms with Crippen LogP contribution in [0.4, 0.5) is 11.4 Å². The number of anilines is 2. The zero-order chi connectivity index (χ0) is 19.1. The molecule has 26 heavy (non-hydrogen) atoms. The molecule has 7 nitrogen and oxygen atoms in total. The molecule has 3 N–H and O–H groups in total. The number of nitrogens with one attached hydrogen (secondary N) is 3. The molecule has 0 fully saturated rings. The second-order valence-corrected chi connectivity index (χ2v) is 5.78. The normalized spacial score (nSPS) is 10.4. The summed E-state index contributed by atoms with van der Waals surface area (Å²) in [6.07, 6.45) is 1.37. The summed E-state index contributed by atoms with van der Waals surface area (Å²) in [5.74, 6) is -1.02. The Hall–Kier alpha value is -3.19. The van der Waals surface area contributed by atoms with Crippen LogP contribution in [-0.4, -0.2) is 23.9 Å². The zero-order valence-electron chi connectivity index (χ0n) is 14.2. The maximum Gasteiger partial charge on any atom is 0.273 e. The molecule has 0 aromatic heterocycles. The highest BCUT2D eigenvalue weighted by Crippen LogP contribution is 2.19. The molecule has 0 heterocycles. The van der Waals surface area contributed by atoms with Gasteiger partial charge in [0.05, 0.1) is 17.5 Å². The summed E-state index contributed by atoms with van der Waals surface area (Å²) in [7, 11) is 0. The van der Waals surface area contributed by atoms with E-state index < -0.39 is 5.91 Å². The maximum absolute atomic E-state index is 12.3. The van der Waals surface area contributed by atoms with Crippen molar-refractivity contribution < 1.29 is 14.4 Å². The summed E-state index contributed by atoms with van der Waals surface area (Å²) < 4.78 is 0.